The van der Waals surface area contributed by atoms with E-state index in [9.17, 15) is 0 Å². The molecule has 21 heavy (non-hydrogen) atoms. The molecule has 0 radical (unpaired) electrons. The van der Waals surface area contributed by atoms with E-state index in [-0.39, 0.29) is 0 Å². The molecule has 112 valence electrons. The van der Waals surface area contributed by atoms with Crippen LogP contribution in [0.2, 0.25) is 10.0 Å². The van der Waals surface area contributed by atoms with Gasteiger partial charge in [-0.3, -0.25) is 4.98 Å². The Labute approximate surface area is 135 Å². The molecule has 0 aliphatic carbocycles. The highest BCUT2D eigenvalue weighted by Crippen LogP contribution is 2.25. The van der Waals surface area contributed by atoms with E-state index in [1.165, 1.54) is 0 Å². The first-order chi connectivity index (χ1) is 10.2. The summed E-state index contributed by atoms with van der Waals surface area (Å²) < 4.78 is 5.68. The summed E-state index contributed by atoms with van der Waals surface area (Å²) in [7, 11) is 0. The highest BCUT2D eigenvalue weighted by atomic mass is 35.5. The molecule has 2 rings (SSSR count). The van der Waals surface area contributed by atoms with Crippen molar-refractivity contribution in [1.29, 1.82) is 0 Å². The second-order valence-electron chi connectivity index (χ2n) is 4.65. The molecule has 0 atom stereocenters. The summed E-state index contributed by atoms with van der Waals surface area (Å²) in [5, 5.41) is 4.52. The lowest BCUT2D eigenvalue weighted by Gasteiger charge is -2.10. The van der Waals surface area contributed by atoms with Crippen molar-refractivity contribution >= 4 is 23.2 Å². The monoisotopic (exact) mass is 324 g/mol. The van der Waals surface area contributed by atoms with E-state index in [0.29, 0.717) is 22.4 Å². The van der Waals surface area contributed by atoms with Crippen LogP contribution in [-0.2, 0) is 13.2 Å². The van der Waals surface area contributed by atoms with Gasteiger partial charge in [-0.05, 0) is 37.2 Å². The van der Waals surface area contributed by atoms with E-state index in [1.807, 2.05) is 18.2 Å². The minimum Gasteiger partial charge on any atom is -0.487 e. The van der Waals surface area contributed by atoms with Crippen LogP contribution < -0.4 is 10.1 Å². The smallest absolute Gasteiger partial charge is 0.138 e. The van der Waals surface area contributed by atoms with Gasteiger partial charge in [-0.25, -0.2) is 0 Å². The molecule has 1 heterocycles. The van der Waals surface area contributed by atoms with Gasteiger partial charge in [0.2, 0.25) is 0 Å². The number of ether oxygens (including phenoxy) is 1. The lowest BCUT2D eigenvalue weighted by Crippen LogP contribution is -2.14. The van der Waals surface area contributed by atoms with Gasteiger partial charge in [0.1, 0.15) is 12.4 Å². The van der Waals surface area contributed by atoms with Crippen molar-refractivity contribution in [1.82, 2.24) is 10.3 Å². The van der Waals surface area contributed by atoms with E-state index in [2.05, 4.69) is 17.2 Å². The molecule has 3 nitrogen and oxygen atoms in total. The van der Waals surface area contributed by atoms with E-state index in [1.54, 1.807) is 18.3 Å². The maximum Gasteiger partial charge on any atom is 0.138 e. The van der Waals surface area contributed by atoms with Gasteiger partial charge in [-0.2, -0.15) is 0 Å². The summed E-state index contributed by atoms with van der Waals surface area (Å²) in [5.41, 5.74) is 1.78. The average Bonchev–Trinajstić information content (AvgIpc) is 2.48. The number of pyridine rings is 1. The summed E-state index contributed by atoms with van der Waals surface area (Å²) in [6, 6.07) is 9.26. The van der Waals surface area contributed by atoms with E-state index < -0.39 is 0 Å². The van der Waals surface area contributed by atoms with Gasteiger partial charge in [-0.15, -0.1) is 0 Å². The molecule has 0 aliphatic heterocycles. The van der Waals surface area contributed by atoms with Crippen LogP contribution in [0.5, 0.6) is 5.75 Å². The zero-order chi connectivity index (χ0) is 15.1. The predicted octanol–water partition coefficient (Wildman–Crippen LogP) is 4.47. The highest BCUT2D eigenvalue weighted by molar-refractivity contribution is 6.35. The van der Waals surface area contributed by atoms with Crippen molar-refractivity contribution in [3.8, 4) is 5.75 Å². The molecule has 0 unspecified atom stereocenters. The number of benzene rings is 1. The lowest BCUT2D eigenvalue weighted by molar-refractivity contribution is 0.305. The summed E-state index contributed by atoms with van der Waals surface area (Å²) >= 11 is 12.2. The number of nitrogens with zero attached hydrogens (tertiary/aromatic N) is 1. The minimum atomic E-state index is 0.327. The lowest BCUT2D eigenvalue weighted by atomic mass is 10.2. The van der Waals surface area contributed by atoms with Gasteiger partial charge in [0, 0.05) is 22.2 Å². The van der Waals surface area contributed by atoms with Crippen molar-refractivity contribution in [3.63, 3.8) is 0 Å². The number of halogens is 2. The quantitative estimate of drug-likeness (QED) is 0.763. The molecule has 5 heteroatoms. The third-order valence-electron chi connectivity index (χ3n) is 2.98. The average molecular weight is 325 g/mol. The summed E-state index contributed by atoms with van der Waals surface area (Å²) in [5.74, 6) is 0.699. The number of hydrogen-bond donors (Lipinski definition) is 1. The molecule has 1 aromatic carbocycles. The minimum absolute atomic E-state index is 0.327. The Hall–Kier alpha value is -1.29. The fourth-order valence-electron chi connectivity index (χ4n) is 1.82. The maximum atomic E-state index is 6.10. The number of nitrogens with one attached hydrogen (secondary N) is 1. The number of rotatable bonds is 7. The second-order valence-corrected chi connectivity index (χ2v) is 5.47. The first-order valence-electron chi connectivity index (χ1n) is 6.92. The molecular weight excluding hydrogens is 307 g/mol. The second kappa shape index (κ2) is 8.23. The Balaban J connectivity index is 1.92. The van der Waals surface area contributed by atoms with Crippen LogP contribution >= 0.6 is 23.2 Å². The fourth-order valence-corrected chi connectivity index (χ4v) is 2.33. The third kappa shape index (κ3) is 4.88. The molecule has 0 spiro atoms. The van der Waals surface area contributed by atoms with Crippen molar-refractivity contribution in [2.45, 2.75) is 26.5 Å². The molecule has 2 aromatic rings. The third-order valence-corrected chi connectivity index (χ3v) is 3.68. The Kier molecular flexibility index (Phi) is 6.30. The highest BCUT2D eigenvalue weighted by Gasteiger charge is 2.06. The normalized spacial score (nSPS) is 10.6. The summed E-state index contributed by atoms with van der Waals surface area (Å²) in [6.07, 6.45) is 2.83. The fraction of sp³-hybridized carbons (Fsp3) is 0.312. The van der Waals surface area contributed by atoms with Gasteiger partial charge in [-0.1, -0.05) is 36.2 Å². The van der Waals surface area contributed by atoms with Crippen LogP contribution in [0.1, 0.15) is 24.6 Å². The summed E-state index contributed by atoms with van der Waals surface area (Å²) in [6.45, 7) is 4.22. The Bertz CT molecular complexity index is 553. The van der Waals surface area contributed by atoms with Crippen LogP contribution in [0.25, 0.3) is 0 Å². The van der Waals surface area contributed by atoms with Crippen molar-refractivity contribution < 1.29 is 4.74 Å². The van der Waals surface area contributed by atoms with Crippen molar-refractivity contribution in [3.05, 3.63) is 57.8 Å². The molecule has 0 fully saturated rings. The summed E-state index contributed by atoms with van der Waals surface area (Å²) in [4.78, 5) is 4.35. The first-order valence-corrected chi connectivity index (χ1v) is 7.67. The van der Waals surface area contributed by atoms with E-state index in [4.69, 9.17) is 27.9 Å². The molecule has 0 bridgehead atoms. The van der Waals surface area contributed by atoms with Crippen LogP contribution in [0.3, 0.4) is 0 Å². The topological polar surface area (TPSA) is 34.1 Å². The van der Waals surface area contributed by atoms with Gasteiger partial charge in [0.05, 0.1) is 11.9 Å². The SMILES string of the molecule is CCCNCc1ccc(OCc2c(Cl)cccc2Cl)cn1. The van der Waals surface area contributed by atoms with Crippen LogP contribution in [-0.4, -0.2) is 11.5 Å². The maximum absolute atomic E-state index is 6.10. The predicted molar refractivity (Wildman–Crippen MR) is 87.0 cm³/mol. The van der Waals surface area contributed by atoms with Gasteiger partial charge in [0.15, 0.2) is 0 Å². The number of hydrogen-bond acceptors (Lipinski definition) is 3. The van der Waals surface area contributed by atoms with E-state index >= 15 is 0 Å². The Morgan fingerprint density at radius 1 is 1.14 bits per heavy atom. The first kappa shape index (κ1) is 16.1. The van der Waals surface area contributed by atoms with Gasteiger partial charge >= 0.3 is 0 Å². The molecular formula is C16H18Cl2N2O. The molecule has 0 saturated carbocycles. The van der Waals surface area contributed by atoms with Gasteiger partial charge < -0.3 is 10.1 Å². The zero-order valence-electron chi connectivity index (χ0n) is 11.9. The number of aromatic nitrogens is 1. The molecule has 1 aromatic heterocycles. The largest absolute Gasteiger partial charge is 0.487 e. The Morgan fingerprint density at radius 2 is 1.90 bits per heavy atom. The molecule has 1 N–H and O–H groups in total. The Morgan fingerprint density at radius 3 is 2.52 bits per heavy atom. The standard InChI is InChI=1S/C16H18Cl2N2O/c1-2-8-19-9-12-6-7-13(10-20-12)21-11-14-15(17)4-3-5-16(14)18/h3-7,10,19H,2,8-9,11H2,1H3. The van der Waals surface area contributed by atoms with Crippen molar-refractivity contribution in [2.24, 2.45) is 0 Å². The molecule has 0 saturated heterocycles. The van der Waals surface area contributed by atoms with Crippen LogP contribution in [0.4, 0.5) is 0 Å². The zero-order valence-corrected chi connectivity index (χ0v) is 13.4. The van der Waals surface area contributed by atoms with Crippen molar-refractivity contribution in [2.75, 3.05) is 6.54 Å². The molecule has 0 aliphatic rings. The van der Waals surface area contributed by atoms with Crippen LogP contribution in [0.15, 0.2) is 36.5 Å². The molecule has 0 amide bonds. The van der Waals surface area contributed by atoms with Crippen LogP contribution in [0, 0.1) is 0 Å². The van der Waals surface area contributed by atoms with E-state index in [0.717, 1.165) is 30.8 Å². The van der Waals surface area contributed by atoms with Gasteiger partial charge in [0.25, 0.3) is 0 Å².